The van der Waals surface area contributed by atoms with Gasteiger partial charge in [-0.25, -0.2) is 0 Å². The Morgan fingerprint density at radius 1 is 1.11 bits per heavy atom. The fourth-order valence-corrected chi connectivity index (χ4v) is 3.28. The molecule has 2 heteroatoms. The molecule has 0 aliphatic heterocycles. The van der Waals surface area contributed by atoms with Crippen molar-refractivity contribution >= 4 is 0 Å². The number of para-hydroxylation sites is 1. The van der Waals surface area contributed by atoms with E-state index in [0.717, 1.165) is 11.7 Å². The molecule has 2 nitrogen and oxygen atoms in total. The standard InChI is InChI=1S/C17H27NO/c1-13(15-9-5-4-6-10-15)18-14(2)16-11-7-8-12-17(16)19-3/h7-8,11-15,18H,4-6,9-10H2,1-3H3/t13?,14-/m1/s1. The first-order chi connectivity index (χ1) is 9.22. The highest BCUT2D eigenvalue weighted by atomic mass is 16.5. The minimum Gasteiger partial charge on any atom is -0.496 e. The van der Waals surface area contributed by atoms with Crippen molar-refractivity contribution in [3.05, 3.63) is 29.8 Å². The van der Waals surface area contributed by atoms with Crippen molar-refractivity contribution in [1.82, 2.24) is 5.32 Å². The van der Waals surface area contributed by atoms with Gasteiger partial charge in [0.25, 0.3) is 0 Å². The first-order valence-electron chi connectivity index (χ1n) is 7.61. The van der Waals surface area contributed by atoms with Gasteiger partial charge in [0.15, 0.2) is 0 Å². The van der Waals surface area contributed by atoms with Gasteiger partial charge in [0.05, 0.1) is 7.11 Å². The summed E-state index contributed by atoms with van der Waals surface area (Å²) in [6.07, 6.45) is 6.99. The lowest BCUT2D eigenvalue weighted by Crippen LogP contribution is -2.36. The molecule has 0 saturated heterocycles. The third kappa shape index (κ3) is 3.73. The lowest BCUT2D eigenvalue weighted by Gasteiger charge is -2.31. The summed E-state index contributed by atoms with van der Waals surface area (Å²) < 4.78 is 5.45. The topological polar surface area (TPSA) is 21.3 Å². The zero-order valence-electron chi connectivity index (χ0n) is 12.5. The van der Waals surface area contributed by atoms with Gasteiger partial charge in [0.2, 0.25) is 0 Å². The molecule has 2 rings (SSSR count). The van der Waals surface area contributed by atoms with Crippen LogP contribution in [0.3, 0.4) is 0 Å². The average Bonchev–Trinajstić information content (AvgIpc) is 2.48. The molecule has 1 aromatic carbocycles. The van der Waals surface area contributed by atoms with Crippen LogP contribution in [0.4, 0.5) is 0 Å². The van der Waals surface area contributed by atoms with E-state index in [9.17, 15) is 0 Å². The molecule has 0 bridgehead atoms. The predicted octanol–water partition coefficient (Wildman–Crippen LogP) is 4.31. The smallest absolute Gasteiger partial charge is 0.123 e. The van der Waals surface area contributed by atoms with Crippen LogP contribution in [0.1, 0.15) is 57.6 Å². The molecular formula is C17H27NO. The van der Waals surface area contributed by atoms with Gasteiger partial charge in [-0.05, 0) is 38.7 Å². The number of benzene rings is 1. The van der Waals surface area contributed by atoms with Crippen LogP contribution in [0.2, 0.25) is 0 Å². The van der Waals surface area contributed by atoms with Gasteiger partial charge in [0.1, 0.15) is 5.75 Å². The Kier molecular flexibility index (Phi) is 5.26. The molecule has 1 aliphatic rings. The normalized spacial score (nSPS) is 19.9. The molecule has 1 N–H and O–H groups in total. The summed E-state index contributed by atoms with van der Waals surface area (Å²) in [6, 6.07) is 9.23. The Hall–Kier alpha value is -1.02. The van der Waals surface area contributed by atoms with E-state index in [4.69, 9.17) is 4.74 Å². The minimum atomic E-state index is 0.341. The average molecular weight is 261 g/mol. The molecule has 1 fully saturated rings. The Labute approximate surface area is 117 Å². The van der Waals surface area contributed by atoms with Gasteiger partial charge in [-0.1, -0.05) is 37.5 Å². The SMILES string of the molecule is COc1ccccc1[C@@H](C)NC(C)C1CCCCC1. The van der Waals surface area contributed by atoms with Gasteiger partial charge >= 0.3 is 0 Å². The van der Waals surface area contributed by atoms with Gasteiger partial charge in [-0.15, -0.1) is 0 Å². The maximum atomic E-state index is 5.45. The van der Waals surface area contributed by atoms with Crippen LogP contribution in [0.5, 0.6) is 5.75 Å². The molecule has 1 saturated carbocycles. The maximum Gasteiger partial charge on any atom is 0.123 e. The fraction of sp³-hybridized carbons (Fsp3) is 0.647. The molecule has 106 valence electrons. The van der Waals surface area contributed by atoms with Crippen molar-refractivity contribution in [2.75, 3.05) is 7.11 Å². The van der Waals surface area contributed by atoms with E-state index in [1.54, 1.807) is 7.11 Å². The number of methoxy groups -OCH3 is 1. The number of ether oxygens (including phenoxy) is 1. The van der Waals surface area contributed by atoms with Crippen molar-refractivity contribution in [3.8, 4) is 5.75 Å². The lowest BCUT2D eigenvalue weighted by molar-refractivity contribution is 0.266. The van der Waals surface area contributed by atoms with Crippen LogP contribution in [-0.2, 0) is 0 Å². The van der Waals surface area contributed by atoms with Crippen LogP contribution >= 0.6 is 0 Å². The summed E-state index contributed by atoms with van der Waals surface area (Å²) in [6.45, 7) is 4.57. The Balaban J connectivity index is 1.97. The van der Waals surface area contributed by atoms with Crippen molar-refractivity contribution in [2.24, 2.45) is 5.92 Å². The molecule has 0 radical (unpaired) electrons. The maximum absolute atomic E-state index is 5.45. The van der Waals surface area contributed by atoms with Crippen molar-refractivity contribution < 1.29 is 4.74 Å². The second-order valence-electron chi connectivity index (χ2n) is 5.82. The zero-order valence-corrected chi connectivity index (χ0v) is 12.5. The highest BCUT2D eigenvalue weighted by Gasteiger charge is 2.22. The van der Waals surface area contributed by atoms with Crippen LogP contribution in [0, 0.1) is 5.92 Å². The first kappa shape index (κ1) is 14.4. The van der Waals surface area contributed by atoms with Crippen molar-refractivity contribution in [2.45, 2.75) is 58.0 Å². The molecule has 1 aromatic rings. The Morgan fingerprint density at radius 3 is 2.47 bits per heavy atom. The lowest BCUT2D eigenvalue weighted by atomic mass is 9.84. The largest absolute Gasteiger partial charge is 0.496 e. The third-order valence-electron chi connectivity index (χ3n) is 4.48. The molecule has 0 spiro atoms. The quantitative estimate of drug-likeness (QED) is 0.852. The number of nitrogens with one attached hydrogen (secondary N) is 1. The van der Waals surface area contributed by atoms with Crippen LogP contribution in [0.25, 0.3) is 0 Å². The summed E-state index contributed by atoms with van der Waals surface area (Å²) in [5.41, 5.74) is 1.26. The summed E-state index contributed by atoms with van der Waals surface area (Å²) in [7, 11) is 1.75. The van der Waals surface area contributed by atoms with Crippen molar-refractivity contribution in [3.63, 3.8) is 0 Å². The summed E-state index contributed by atoms with van der Waals surface area (Å²) >= 11 is 0. The number of hydrogen-bond donors (Lipinski definition) is 1. The second-order valence-corrected chi connectivity index (χ2v) is 5.82. The van der Waals surface area contributed by atoms with Crippen LogP contribution in [-0.4, -0.2) is 13.2 Å². The molecule has 1 unspecified atom stereocenters. The van der Waals surface area contributed by atoms with E-state index < -0.39 is 0 Å². The van der Waals surface area contributed by atoms with E-state index in [-0.39, 0.29) is 0 Å². The zero-order chi connectivity index (χ0) is 13.7. The molecule has 19 heavy (non-hydrogen) atoms. The highest BCUT2D eigenvalue weighted by molar-refractivity contribution is 5.35. The van der Waals surface area contributed by atoms with E-state index in [2.05, 4.69) is 31.3 Å². The summed E-state index contributed by atoms with van der Waals surface area (Å²) in [5.74, 6) is 1.82. The summed E-state index contributed by atoms with van der Waals surface area (Å²) in [5, 5.41) is 3.76. The fourth-order valence-electron chi connectivity index (χ4n) is 3.28. The van der Waals surface area contributed by atoms with E-state index >= 15 is 0 Å². The second kappa shape index (κ2) is 6.95. The van der Waals surface area contributed by atoms with Gasteiger partial charge in [-0.3, -0.25) is 0 Å². The van der Waals surface area contributed by atoms with E-state index in [1.807, 2.05) is 12.1 Å². The molecule has 2 atom stereocenters. The van der Waals surface area contributed by atoms with Crippen LogP contribution in [0.15, 0.2) is 24.3 Å². The first-order valence-corrected chi connectivity index (χ1v) is 7.61. The predicted molar refractivity (Wildman–Crippen MR) is 80.6 cm³/mol. The Bertz CT molecular complexity index is 385. The van der Waals surface area contributed by atoms with E-state index in [0.29, 0.717) is 12.1 Å². The van der Waals surface area contributed by atoms with Gasteiger partial charge < -0.3 is 10.1 Å². The van der Waals surface area contributed by atoms with E-state index in [1.165, 1.54) is 37.7 Å². The van der Waals surface area contributed by atoms with Crippen LogP contribution < -0.4 is 10.1 Å². The third-order valence-corrected chi connectivity index (χ3v) is 4.48. The van der Waals surface area contributed by atoms with Crippen molar-refractivity contribution in [1.29, 1.82) is 0 Å². The molecule has 1 aliphatic carbocycles. The van der Waals surface area contributed by atoms with Gasteiger partial charge in [-0.2, -0.15) is 0 Å². The molecule has 0 heterocycles. The minimum absolute atomic E-state index is 0.341. The highest BCUT2D eigenvalue weighted by Crippen LogP contribution is 2.29. The monoisotopic (exact) mass is 261 g/mol. The summed E-state index contributed by atoms with van der Waals surface area (Å²) in [4.78, 5) is 0. The molecule has 0 amide bonds. The number of rotatable bonds is 5. The Morgan fingerprint density at radius 2 is 1.79 bits per heavy atom. The molecule has 0 aromatic heterocycles. The van der Waals surface area contributed by atoms with Gasteiger partial charge in [0, 0.05) is 17.6 Å². The number of hydrogen-bond acceptors (Lipinski definition) is 2. The molecular weight excluding hydrogens is 234 g/mol.